The molecule has 0 saturated heterocycles. The Balaban J connectivity index is 2.13. The van der Waals surface area contributed by atoms with Crippen molar-refractivity contribution >= 4 is 45.7 Å². The summed E-state index contributed by atoms with van der Waals surface area (Å²) in [6.07, 6.45) is 0.825. The molecule has 0 radical (unpaired) electrons. The zero-order chi connectivity index (χ0) is 19.1. The predicted octanol–water partition coefficient (Wildman–Crippen LogP) is 4.64. The maximum atomic E-state index is 12.9. The van der Waals surface area contributed by atoms with E-state index in [-0.39, 0.29) is 22.0 Å². The van der Waals surface area contributed by atoms with Crippen LogP contribution in [0.2, 0.25) is 5.02 Å². The highest BCUT2D eigenvalue weighted by molar-refractivity contribution is 7.12. The van der Waals surface area contributed by atoms with Crippen molar-refractivity contribution in [3.05, 3.63) is 51.1 Å². The monoisotopic (exact) mass is 387 g/mol. The summed E-state index contributed by atoms with van der Waals surface area (Å²) in [5.74, 6) is -0.383. The Bertz CT molecular complexity index is 1070. The van der Waals surface area contributed by atoms with E-state index in [0.717, 1.165) is 11.3 Å². The molecule has 0 amide bonds. The molecule has 0 fully saturated rings. The Morgan fingerprint density at radius 2 is 2.08 bits per heavy atom. The van der Waals surface area contributed by atoms with Crippen LogP contribution < -0.4 is 0 Å². The topological polar surface area (TPSA) is 85.0 Å². The fraction of sp³-hybridized carbons (Fsp3) is 0.222. The number of benzene rings is 1. The van der Waals surface area contributed by atoms with E-state index in [1.165, 1.54) is 16.1 Å². The fourth-order valence-electron chi connectivity index (χ4n) is 2.39. The molecule has 8 heteroatoms. The lowest BCUT2D eigenvalue weighted by Crippen LogP contribution is -2.26. The van der Waals surface area contributed by atoms with Crippen molar-refractivity contribution in [1.29, 1.82) is 5.26 Å². The number of nitriles is 1. The zero-order valence-electron chi connectivity index (χ0n) is 14.2. The molecule has 1 aromatic carbocycles. The number of halogens is 1. The van der Waals surface area contributed by atoms with Crippen LogP contribution in [0.4, 0.5) is 4.79 Å². The Hall–Kier alpha value is -2.69. The standard InChI is InChI=1S/C18H14ClN3O3S/c1-18(2,3)25-17(24)22-8-13(12-6-10(19)4-5-14(12)22)15(23)16-21-11(7-20)9-26-16/h4-6,8-9H,1-3H3. The molecular formula is C18H14ClN3O3S. The molecule has 0 bridgehead atoms. The Kier molecular flexibility index (Phi) is 4.57. The molecule has 26 heavy (non-hydrogen) atoms. The Morgan fingerprint density at radius 3 is 2.69 bits per heavy atom. The van der Waals surface area contributed by atoms with Crippen molar-refractivity contribution < 1.29 is 14.3 Å². The number of hydrogen-bond acceptors (Lipinski definition) is 6. The van der Waals surface area contributed by atoms with Gasteiger partial charge in [0, 0.05) is 22.0 Å². The van der Waals surface area contributed by atoms with Gasteiger partial charge in [-0.3, -0.25) is 9.36 Å². The summed E-state index contributed by atoms with van der Waals surface area (Å²) in [7, 11) is 0. The molecular weight excluding hydrogens is 374 g/mol. The first-order chi connectivity index (χ1) is 12.2. The lowest BCUT2D eigenvalue weighted by atomic mass is 10.1. The normalized spacial score (nSPS) is 11.3. The zero-order valence-corrected chi connectivity index (χ0v) is 15.8. The first-order valence-electron chi connectivity index (χ1n) is 7.64. The van der Waals surface area contributed by atoms with Crippen LogP contribution >= 0.6 is 22.9 Å². The highest BCUT2D eigenvalue weighted by Gasteiger charge is 2.24. The molecule has 2 heterocycles. The van der Waals surface area contributed by atoms with Gasteiger partial charge in [-0.2, -0.15) is 5.26 Å². The highest BCUT2D eigenvalue weighted by atomic mass is 35.5. The maximum absolute atomic E-state index is 12.9. The van der Waals surface area contributed by atoms with Gasteiger partial charge >= 0.3 is 6.09 Å². The smallest absolute Gasteiger partial charge is 0.419 e. The molecule has 0 saturated carbocycles. The molecule has 0 aliphatic heterocycles. The van der Waals surface area contributed by atoms with E-state index in [0.29, 0.717) is 15.9 Å². The lowest BCUT2D eigenvalue weighted by molar-refractivity contribution is 0.0544. The number of carbonyl (C=O) groups is 2. The lowest BCUT2D eigenvalue weighted by Gasteiger charge is -2.19. The summed E-state index contributed by atoms with van der Waals surface area (Å²) < 4.78 is 6.69. The molecule has 0 aliphatic carbocycles. The number of fused-ring (bicyclic) bond motifs is 1. The van der Waals surface area contributed by atoms with E-state index < -0.39 is 11.7 Å². The summed E-state index contributed by atoms with van der Waals surface area (Å²) in [6.45, 7) is 5.29. The molecule has 2 aromatic heterocycles. The highest BCUT2D eigenvalue weighted by Crippen LogP contribution is 2.28. The predicted molar refractivity (Wildman–Crippen MR) is 98.8 cm³/mol. The quantitative estimate of drug-likeness (QED) is 0.598. The molecule has 132 valence electrons. The van der Waals surface area contributed by atoms with Crippen molar-refractivity contribution in [2.24, 2.45) is 0 Å². The third kappa shape index (κ3) is 3.47. The minimum absolute atomic E-state index is 0.171. The van der Waals surface area contributed by atoms with E-state index in [2.05, 4.69) is 4.98 Å². The molecule has 0 unspecified atom stereocenters. The van der Waals surface area contributed by atoms with Gasteiger partial charge in [-0.15, -0.1) is 11.3 Å². The second-order valence-electron chi connectivity index (χ2n) is 6.53. The van der Waals surface area contributed by atoms with Gasteiger partial charge in [-0.05, 0) is 39.0 Å². The summed E-state index contributed by atoms with van der Waals surface area (Å²) in [5.41, 5.74) is 0.268. The van der Waals surface area contributed by atoms with Crippen molar-refractivity contribution in [3.8, 4) is 6.07 Å². The number of hydrogen-bond donors (Lipinski definition) is 0. The SMILES string of the molecule is CC(C)(C)OC(=O)n1cc(C(=O)c2nc(C#N)cs2)c2cc(Cl)ccc21. The number of ether oxygens (including phenoxy) is 1. The summed E-state index contributed by atoms with van der Waals surface area (Å²) in [4.78, 5) is 29.4. The van der Waals surface area contributed by atoms with Crippen molar-refractivity contribution in [2.45, 2.75) is 26.4 Å². The molecule has 0 aliphatic rings. The molecule has 6 nitrogen and oxygen atoms in total. The Morgan fingerprint density at radius 1 is 1.35 bits per heavy atom. The van der Waals surface area contributed by atoms with Gasteiger partial charge < -0.3 is 4.74 Å². The number of thiazole rings is 1. The maximum Gasteiger partial charge on any atom is 0.419 e. The number of carbonyl (C=O) groups excluding carboxylic acids is 2. The third-order valence-electron chi connectivity index (χ3n) is 3.41. The van der Waals surface area contributed by atoms with Crippen LogP contribution in [0.3, 0.4) is 0 Å². The molecule has 0 N–H and O–H groups in total. The van der Waals surface area contributed by atoms with Crippen molar-refractivity contribution in [2.75, 3.05) is 0 Å². The van der Waals surface area contributed by atoms with Gasteiger partial charge in [0.1, 0.15) is 11.7 Å². The van der Waals surface area contributed by atoms with Crippen LogP contribution in [-0.4, -0.2) is 27.0 Å². The Labute approximate surface area is 158 Å². The summed E-state index contributed by atoms with van der Waals surface area (Å²) in [6, 6.07) is 6.80. The van der Waals surface area contributed by atoms with E-state index in [1.807, 2.05) is 6.07 Å². The van der Waals surface area contributed by atoms with E-state index in [4.69, 9.17) is 21.6 Å². The second kappa shape index (κ2) is 6.56. The number of aromatic nitrogens is 2. The van der Waals surface area contributed by atoms with Crippen LogP contribution in [0.5, 0.6) is 0 Å². The first kappa shape index (κ1) is 18.1. The first-order valence-corrected chi connectivity index (χ1v) is 8.89. The average molecular weight is 388 g/mol. The molecule has 3 aromatic rings. The third-order valence-corrected chi connectivity index (χ3v) is 4.49. The molecule has 0 spiro atoms. The fourth-order valence-corrected chi connectivity index (χ4v) is 3.26. The van der Waals surface area contributed by atoms with E-state index >= 15 is 0 Å². The minimum Gasteiger partial charge on any atom is -0.443 e. The number of nitrogens with zero attached hydrogens (tertiary/aromatic N) is 3. The van der Waals surface area contributed by atoms with Crippen LogP contribution in [0.25, 0.3) is 10.9 Å². The number of ketones is 1. The van der Waals surface area contributed by atoms with Crippen LogP contribution in [0, 0.1) is 11.3 Å². The van der Waals surface area contributed by atoms with Crippen LogP contribution in [-0.2, 0) is 4.74 Å². The minimum atomic E-state index is -0.679. The van der Waals surface area contributed by atoms with E-state index in [9.17, 15) is 9.59 Å². The van der Waals surface area contributed by atoms with Gasteiger partial charge in [-0.25, -0.2) is 9.78 Å². The molecule has 0 atom stereocenters. The van der Waals surface area contributed by atoms with Gasteiger partial charge in [-0.1, -0.05) is 11.6 Å². The number of rotatable bonds is 2. The van der Waals surface area contributed by atoms with Gasteiger partial charge in [0.05, 0.1) is 11.1 Å². The van der Waals surface area contributed by atoms with Gasteiger partial charge in [0.2, 0.25) is 5.78 Å². The largest absolute Gasteiger partial charge is 0.443 e. The van der Waals surface area contributed by atoms with Crippen LogP contribution in [0.15, 0.2) is 29.8 Å². The van der Waals surface area contributed by atoms with Crippen LogP contribution in [0.1, 0.15) is 41.8 Å². The van der Waals surface area contributed by atoms with E-state index in [1.54, 1.807) is 39.0 Å². The summed E-state index contributed by atoms with van der Waals surface area (Å²) >= 11 is 7.15. The van der Waals surface area contributed by atoms with Gasteiger partial charge in [0.25, 0.3) is 0 Å². The molecule has 3 rings (SSSR count). The van der Waals surface area contributed by atoms with Gasteiger partial charge in [0.15, 0.2) is 10.7 Å². The average Bonchev–Trinajstić information content (AvgIpc) is 3.17. The second-order valence-corrected chi connectivity index (χ2v) is 7.83. The van der Waals surface area contributed by atoms with Crippen molar-refractivity contribution in [1.82, 2.24) is 9.55 Å². The summed E-state index contributed by atoms with van der Waals surface area (Å²) in [5, 5.41) is 11.5. The van der Waals surface area contributed by atoms with Crippen molar-refractivity contribution in [3.63, 3.8) is 0 Å².